The van der Waals surface area contributed by atoms with Crippen molar-refractivity contribution < 1.29 is 9.72 Å². The summed E-state index contributed by atoms with van der Waals surface area (Å²) in [4.78, 5) is 26.6. The van der Waals surface area contributed by atoms with Crippen molar-refractivity contribution in [1.82, 2.24) is 4.98 Å². The van der Waals surface area contributed by atoms with Crippen molar-refractivity contribution in [3.05, 3.63) is 88.7 Å². The number of pyridine rings is 1. The van der Waals surface area contributed by atoms with Gasteiger partial charge in [0, 0.05) is 24.0 Å². The number of nitro groups is 1. The molecule has 2 aromatic carbocycles. The Balaban J connectivity index is 1.86. The maximum Gasteiger partial charge on any atom is 0.274 e. The molecule has 0 radical (unpaired) electrons. The van der Waals surface area contributed by atoms with Gasteiger partial charge in [-0.05, 0) is 35.4 Å². The lowest BCUT2D eigenvalue weighted by Crippen LogP contribution is -2.13. The van der Waals surface area contributed by atoms with E-state index in [4.69, 9.17) is 0 Å². The highest BCUT2D eigenvalue weighted by molar-refractivity contribution is 6.03. The molecule has 1 aromatic heterocycles. The van der Waals surface area contributed by atoms with Gasteiger partial charge in [-0.25, -0.2) is 0 Å². The largest absolute Gasteiger partial charge is 0.321 e. The summed E-state index contributed by atoms with van der Waals surface area (Å²) in [6.45, 7) is 0. The van der Waals surface area contributed by atoms with Gasteiger partial charge in [-0.3, -0.25) is 19.9 Å². The first-order chi connectivity index (χ1) is 11.6. The van der Waals surface area contributed by atoms with Gasteiger partial charge in [0.2, 0.25) is 0 Å². The Kier molecular flexibility index (Phi) is 4.29. The number of non-ortho nitro benzene ring substituents is 1. The van der Waals surface area contributed by atoms with Crippen molar-refractivity contribution in [3.63, 3.8) is 0 Å². The van der Waals surface area contributed by atoms with Crippen LogP contribution in [-0.2, 0) is 0 Å². The van der Waals surface area contributed by atoms with E-state index in [0.717, 1.165) is 5.56 Å². The van der Waals surface area contributed by atoms with E-state index in [-0.39, 0.29) is 11.6 Å². The van der Waals surface area contributed by atoms with Crippen LogP contribution < -0.4 is 5.32 Å². The van der Waals surface area contributed by atoms with Crippen LogP contribution in [0.1, 0.15) is 10.5 Å². The highest BCUT2D eigenvalue weighted by Gasteiger charge is 2.09. The molecule has 0 spiro atoms. The predicted molar refractivity (Wildman–Crippen MR) is 90.7 cm³/mol. The van der Waals surface area contributed by atoms with Crippen LogP contribution in [0.2, 0.25) is 0 Å². The molecule has 0 unspecified atom stereocenters. The molecule has 0 atom stereocenters. The van der Waals surface area contributed by atoms with Gasteiger partial charge in [-0.15, -0.1) is 0 Å². The monoisotopic (exact) mass is 319 g/mol. The molecule has 0 fully saturated rings. The van der Waals surface area contributed by atoms with Crippen LogP contribution in [0.5, 0.6) is 0 Å². The van der Waals surface area contributed by atoms with Crippen LogP contribution in [-0.4, -0.2) is 15.8 Å². The van der Waals surface area contributed by atoms with Gasteiger partial charge in [-0.2, -0.15) is 0 Å². The molecule has 0 aliphatic heterocycles. The summed E-state index contributed by atoms with van der Waals surface area (Å²) >= 11 is 0. The molecule has 6 heteroatoms. The van der Waals surface area contributed by atoms with E-state index in [1.165, 1.54) is 12.1 Å². The fourth-order valence-corrected chi connectivity index (χ4v) is 2.27. The molecular formula is C18H13N3O3. The first-order valence-electron chi connectivity index (χ1n) is 7.21. The molecule has 118 valence electrons. The molecule has 0 saturated carbocycles. The molecular weight excluding hydrogens is 306 g/mol. The standard InChI is InChI=1S/C18H13N3O3/c22-18(17-9-1-2-10-19-17)20-15-7-3-5-13(11-15)14-6-4-8-16(12-14)21(23)24/h1-12H,(H,20,22). The minimum absolute atomic E-state index is 0.0235. The van der Waals surface area contributed by atoms with Crippen LogP contribution in [0.15, 0.2) is 72.9 Å². The number of hydrogen-bond donors (Lipinski definition) is 1. The van der Waals surface area contributed by atoms with E-state index in [0.29, 0.717) is 16.9 Å². The Morgan fingerprint density at radius 3 is 2.42 bits per heavy atom. The van der Waals surface area contributed by atoms with Gasteiger partial charge in [0.15, 0.2) is 0 Å². The minimum Gasteiger partial charge on any atom is -0.321 e. The van der Waals surface area contributed by atoms with Crippen molar-refractivity contribution in [2.75, 3.05) is 5.32 Å². The highest BCUT2D eigenvalue weighted by Crippen LogP contribution is 2.26. The molecule has 0 saturated heterocycles. The Morgan fingerprint density at radius 1 is 0.958 bits per heavy atom. The molecule has 1 N–H and O–H groups in total. The lowest BCUT2D eigenvalue weighted by atomic mass is 10.0. The number of amides is 1. The number of carbonyl (C=O) groups is 1. The Labute approximate surface area is 137 Å². The zero-order valence-electron chi connectivity index (χ0n) is 12.5. The number of nitrogens with one attached hydrogen (secondary N) is 1. The molecule has 1 heterocycles. The molecule has 1 amide bonds. The van der Waals surface area contributed by atoms with Crippen LogP contribution >= 0.6 is 0 Å². The molecule has 6 nitrogen and oxygen atoms in total. The van der Waals surface area contributed by atoms with Crippen LogP contribution in [0.25, 0.3) is 11.1 Å². The van der Waals surface area contributed by atoms with E-state index in [2.05, 4.69) is 10.3 Å². The lowest BCUT2D eigenvalue weighted by Gasteiger charge is -2.07. The third-order valence-electron chi connectivity index (χ3n) is 3.41. The van der Waals surface area contributed by atoms with Gasteiger partial charge in [0.25, 0.3) is 11.6 Å². The van der Waals surface area contributed by atoms with Crippen molar-refractivity contribution >= 4 is 17.3 Å². The number of nitrogens with zero attached hydrogens (tertiary/aromatic N) is 2. The number of benzene rings is 2. The summed E-state index contributed by atoms with van der Waals surface area (Å²) in [6, 6.07) is 18.6. The van der Waals surface area contributed by atoms with Crippen molar-refractivity contribution in [2.24, 2.45) is 0 Å². The number of carbonyl (C=O) groups excluding carboxylic acids is 1. The number of anilines is 1. The van der Waals surface area contributed by atoms with Gasteiger partial charge >= 0.3 is 0 Å². The fraction of sp³-hybridized carbons (Fsp3) is 0. The summed E-state index contributed by atoms with van der Waals surface area (Å²) in [7, 11) is 0. The Morgan fingerprint density at radius 2 is 1.71 bits per heavy atom. The molecule has 3 aromatic rings. The normalized spacial score (nSPS) is 10.2. The van der Waals surface area contributed by atoms with E-state index >= 15 is 0 Å². The topological polar surface area (TPSA) is 85.1 Å². The van der Waals surface area contributed by atoms with Crippen LogP contribution in [0.4, 0.5) is 11.4 Å². The zero-order chi connectivity index (χ0) is 16.9. The summed E-state index contributed by atoms with van der Waals surface area (Å²) < 4.78 is 0. The third kappa shape index (κ3) is 3.44. The maximum absolute atomic E-state index is 12.1. The molecule has 0 bridgehead atoms. The Hall–Kier alpha value is -3.54. The van der Waals surface area contributed by atoms with E-state index in [9.17, 15) is 14.9 Å². The van der Waals surface area contributed by atoms with Gasteiger partial charge in [0.1, 0.15) is 5.69 Å². The van der Waals surface area contributed by atoms with E-state index in [1.54, 1.807) is 54.7 Å². The quantitative estimate of drug-likeness (QED) is 0.583. The lowest BCUT2D eigenvalue weighted by molar-refractivity contribution is -0.384. The second kappa shape index (κ2) is 6.70. The summed E-state index contributed by atoms with van der Waals surface area (Å²) in [5.41, 5.74) is 2.42. The predicted octanol–water partition coefficient (Wildman–Crippen LogP) is 3.91. The smallest absolute Gasteiger partial charge is 0.274 e. The van der Waals surface area contributed by atoms with Crippen molar-refractivity contribution in [2.45, 2.75) is 0 Å². The summed E-state index contributed by atoms with van der Waals surface area (Å²) in [6.07, 6.45) is 1.55. The second-order valence-corrected chi connectivity index (χ2v) is 5.06. The number of nitro benzene ring substituents is 1. The molecule has 3 rings (SSSR count). The molecule has 0 aliphatic carbocycles. The maximum atomic E-state index is 12.1. The second-order valence-electron chi connectivity index (χ2n) is 5.06. The fourth-order valence-electron chi connectivity index (χ4n) is 2.27. The SMILES string of the molecule is O=C(Nc1cccc(-c2cccc([N+](=O)[O-])c2)c1)c1ccccn1. The van der Waals surface area contributed by atoms with Gasteiger partial charge < -0.3 is 5.32 Å². The average molecular weight is 319 g/mol. The molecule has 0 aliphatic rings. The summed E-state index contributed by atoms with van der Waals surface area (Å²) in [5.74, 6) is -0.313. The number of hydrogen-bond acceptors (Lipinski definition) is 4. The van der Waals surface area contributed by atoms with Gasteiger partial charge in [-0.1, -0.05) is 30.3 Å². The van der Waals surface area contributed by atoms with E-state index < -0.39 is 4.92 Å². The average Bonchev–Trinajstić information content (AvgIpc) is 2.63. The van der Waals surface area contributed by atoms with Crippen molar-refractivity contribution in [1.29, 1.82) is 0 Å². The van der Waals surface area contributed by atoms with Crippen LogP contribution in [0, 0.1) is 10.1 Å². The Bertz CT molecular complexity index is 895. The van der Waals surface area contributed by atoms with Gasteiger partial charge in [0.05, 0.1) is 4.92 Å². The van der Waals surface area contributed by atoms with E-state index in [1.807, 2.05) is 6.07 Å². The molecule has 24 heavy (non-hydrogen) atoms. The first kappa shape index (κ1) is 15.4. The number of rotatable bonds is 4. The van der Waals surface area contributed by atoms with Crippen LogP contribution in [0.3, 0.4) is 0 Å². The number of aromatic nitrogens is 1. The third-order valence-corrected chi connectivity index (χ3v) is 3.41. The summed E-state index contributed by atoms with van der Waals surface area (Å²) in [5, 5.41) is 13.7. The zero-order valence-corrected chi connectivity index (χ0v) is 12.5. The first-order valence-corrected chi connectivity index (χ1v) is 7.21. The highest BCUT2D eigenvalue weighted by atomic mass is 16.6. The van der Waals surface area contributed by atoms with Crippen molar-refractivity contribution in [3.8, 4) is 11.1 Å². The minimum atomic E-state index is -0.434.